The highest BCUT2D eigenvalue weighted by atomic mass is 19.3. The Labute approximate surface area is 82.2 Å². The fourth-order valence-corrected chi connectivity index (χ4v) is 1.91. The van der Waals surface area contributed by atoms with Crippen molar-refractivity contribution in [2.75, 3.05) is 19.6 Å². The molecule has 0 saturated carbocycles. The first-order valence-corrected chi connectivity index (χ1v) is 4.84. The van der Waals surface area contributed by atoms with Crippen LogP contribution in [0.25, 0.3) is 0 Å². The number of rotatable bonds is 3. The van der Waals surface area contributed by atoms with Gasteiger partial charge in [-0.05, 0) is 19.4 Å². The molecule has 0 bridgehead atoms. The molecule has 1 amide bonds. The molecule has 0 aliphatic carbocycles. The molecule has 1 atom stereocenters. The maximum absolute atomic E-state index is 13.4. The van der Waals surface area contributed by atoms with Gasteiger partial charge in [-0.15, -0.1) is 0 Å². The number of primary amides is 1. The predicted octanol–water partition coefficient (Wildman–Crippen LogP) is 0.839. The number of nitrogens with zero attached hydrogens (tertiary/aromatic N) is 1. The van der Waals surface area contributed by atoms with Crippen LogP contribution < -0.4 is 5.73 Å². The van der Waals surface area contributed by atoms with Crippen molar-refractivity contribution in [2.24, 2.45) is 11.7 Å². The number of hydrogen-bond donors (Lipinski definition) is 1. The second-order valence-electron chi connectivity index (χ2n) is 3.83. The van der Waals surface area contributed by atoms with Gasteiger partial charge in [-0.3, -0.25) is 9.69 Å². The van der Waals surface area contributed by atoms with Crippen LogP contribution in [0.1, 0.15) is 19.8 Å². The van der Waals surface area contributed by atoms with Crippen molar-refractivity contribution in [1.82, 2.24) is 4.90 Å². The second kappa shape index (κ2) is 4.21. The average molecular weight is 206 g/mol. The number of likely N-dealkylation sites (tertiary alicyclic amines) is 1. The third-order valence-corrected chi connectivity index (χ3v) is 2.70. The molecule has 0 aromatic rings. The molecule has 0 radical (unpaired) electrons. The van der Waals surface area contributed by atoms with Crippen molar-refractivity contribution in [3.8, 4) is 0 Å². The molecule has 0 spiro atoms. The molecule has 1 unspecified atom stereocenters. The van der Waals surface area contributed by atoms with E-state index >= 15 is 0 Å². The van der Waals surface area contributed by atoms with Crippen molar-refractivity contribution < 1.29 is 13.6 Å². The van der Waals surface area contributed by atoms with Crippen LogP contribution >= 0.6 is 0 Å². The number of alkyl halides is 2. The van der Waals surface area contributed by atoms with Crippen LogP contribution in [0, 0.1) is 5.92 Å². The van der Waals surface area contributed by atoms with Crippen molar-refractivity contribution in [2.45, 2.75) is 25.7 Å². The summed E-state index contributed by atoms with van der Waals surface area (Å²) in [6.45, 7) is 1.90. The largest absolute Gasteiger partial charge is 0.369 e. The molecule has 3 nitrogen and oxygen atoms in total. The summed E-state index contributed by atoms with van der Waals surface area (Å²) in [5.74, 6) is -3.77. The van der Waals surface area contributed by atoms with E-state index in [1.54, 1.807) is 6.92 Å². The third kappa shape index (κ3) is 2.64. The van der Waals surface area contributed by atoms with E-state index in [1.165, 1.54) is 4.90 Å². The summed E-state index contributed by atoms with van der Waals surface area (Å²) in [4.78, 5) is 12.0. The summed E-state index contributed by atoms with van der Waals surface area (Å²) >= 11 is 0. The van der Waals surface area contributed by atoms with Crippen LogP contribution in [0.2, 0.25) is 0 Å². The standard InChI is InChI=1S/C9H16F2N2O/c1-2-7-3-4-13(5-8(12)14)6-9(7,10)11/h7H,2-6H2,1H3,(H2,12,14). The number of hydrogen-bond acceptors (Lipinski definition) is 2. The quantitative estimate of drug-likeness (QED) is 0.743. The number of amides is 1. The summed E-state index contributed by atoms with van der Waals surface area (Å²) in [6, 6.07) is 0. The van der Waals surface area contributed by atoms with E-state index in [4.69, 9.17) is 5.73 Å². The summed E-state index contributed by atoms with van der Waals surface area (Å²) < 4.78 is 26.8. The highest BCUT2D eigenvalue weighted by Crippen LogP contribution is 2.34. The van der Waals surface area contributed by atoms with E-state index in [9.17, 15) is 13.6 Å². The van der Waals surface area contributed by atoms with Crippen LogP contribution in [0.3, 0.4) is 0 Å². The molecule has 1 fully saturated rings. The molecule has 1 aliphatic rings. The van der Waals surface area contributed by atoms with Gasteiger partial charge in [-0.25, -0.2) is 8.78 Å². The van der Waals surface area contributed by atoms with Crippen molar-refractivity contribution in [3.05, 3.63) is 0 Å². The summed E-state index contributed by atoms with van der Waals surface area (Å²) in [7, 11) is 0. The van der Waals surface area contributed by atoms with Gasteiger partial charge in [-0.1, -0.05) is 6.92 Å². The monoisotopic (exact) mass is 206 g/mol. The van der Waals surface area contributed by atoms with E-state index in [2.05, 4.69) is 0 Å². The van der Waals surface area contributed by atoms with Crippen molar-refractivity contribution in [3.63, 3.8) is 0 Å². The van der Waals surface area contributed by atoms with Gasteiger partial charge in [0.05, 0.1) is 13.1 Å². The third-order valence-electron chi connectivity index (χ3n) is 2.70. The van der Waals surface area contributed by atoms with Gasteiger partial charge in [0, 0.05) is 5.92 Å². The topological polar surface area (TPSA) is 46.3 Å². The Hall–Kier alpha value is -0.710. The fourth-order valence-electron chi connectivity index (χ4n) is 1.91. The number of halogens is 2. The maximum atomic E-state index is 13.4. The van der Waals surface area contributed by atoms with Crippen molar-refractivity contribution >= 4 is 5.91 Å². The first-order valence-electron chi connectivity index (χ1n) is 4.84. The Morgan fingerprint density at radius 1 is 1.64 bits per heavy atom. The predicted molar refractivity (Wildman–Crippen MR) is 49.0 cm³/mol. The Morgan fingerprint density at radius 2 is 2.29 bits per heavy atom. The Balaban J connectivity index is 2.53. The highest BCUT2D eigenvalue weighted by molar-refractivity contribution is 5.75. The van der Waals surface area contributed by atoms with Gasteiger partial charge in [0.15, 0.2) is 0 Å². The Morgan fingerprint density at radius 3 is 2.71 bits per heavy atom. The summed E-state index contributed by atoms with van der Waals surface area (Å²) in [5, 5.41) is 0. The zero-order chi connectivity index (χ0) is 10.8. The number of piperidine rings is 1. The van der Waals surface area contributed by atoms with Gasteiger partial charge in [0.1, 0.15) is 0 Å². The van der Waals surface area contributed by atoms with Crippen LogP contribution in [-0.4, -0.2) is 36.4 Å². The van der Waals surface area contributed by atoms with E-state index < -0.39 is 17.7 Å². The zero-order valence-electron chi connectivity index (χ0n) is 8.30. The van der Waals surface area contributed by atoms with E-state index in [1.807, 2.05) is 0 Å². The smallest absolute Gasteiger partial charge is 0.263 e. The first kappa shape index (κ1) is 11.4. The van der Waals surface area contributed by atoms with Crippen molar-refractivity contribution in [1.29, 1.82) is 0 Å². The first-order chi connectivity index (χ1) is 6.45. The minimum absolute atomic E-state index is 0.0635. The molecule has 5 heteroatoms. The Kier molecular flexibility index (Phi) is 3.42. The fraction of sp³-hybridized carbons (Fsp3) is 0.889. The lowest BCUT2D eigenvalue weighted by molar-refractivity contribution is -0.128. The van der Waals surface area contributed by atoms with E-state index in [-0.39, 0.29) is 13.1 Å². The van der Waals surface area contributed by atoms with Gasteiger partial charge in [0.25, 0.3) is 5.92 Å². The maximum Gasteiger partial charge on any atom is 0.263 e. The second-order valence-corrected chi connectivity index (χ2v) is 3.83. The summed E-state index contributed by atoms with van der Waals surface area (Å²) in [5.41, 5.74) is 4.95. The number of carbonyl (C=O) groups is 1. The molecular formula is C9H16F2N2O. The van der Waals surface area contributed by atoms with Gasteiger partial charge < -0.3 is 5.73 Å². The molecule has 2 N–H and O–H groups in total. The number of nitrogens with two attached hydrogens (primary N) is 1. The zero-order valence-corrected chi connectivity index (χ0v) is 8.30. The van der Waals surface area contributed by atoms with Crippen LogP contribution in [0.15, 0.2) is 0 Å². The SMILES string of the molecule is CCC1CCN(CC(N)=O)CC1(F)F. The molecule has 82 valence electrons. The molecular weight excluding hydrogens is 190 g/mol. The molecule has 1 saturated heterocycles. The molecule has 0 aromatic carbocycles. The minimum atomic E-state index is -2.68. The molecule has 0 aromatic heterocycles. The lowest BCUT2D eigenvalue weighted by Crippen LogP contribution is -2.50. The normalized spacial score (nSPS) is 27.5. The van der Waals surface area contributed by atoms with Crippen LogP contribution in [0.4, 0.5) is 8.78 Å². The number of carbonyl (C=O) groups excluding carboxylic acids is 1. The minimum Gasteiger partial charge on any atom is -0.369 e. The van der Waals surface area contributed by atoms with Crippen LogP contribution in [-0.2, 0) is 4.79 Å². The van der Waals surface area contributed by atoms with Crippen LogP contribution in [0.5, 0.6) is 0 Å². The molecule has 14 heavy (non-hydrogen) atoms. The average Bonchev–Trinajstić information content (AvgIpc) is 2.01. The lowest BCUT2D eigenvalue weighted by atomic mass is 9.90. The van der Waals surface area contributed by atoms with E-state index in [0.717, 1.165) is 0 Å². The summed E-state index contributed by atoms with van der Waals surface area (Å²) in [6.07, 6.45) is 0.925. The van der Waals surface area contributed by atoms with E-state index in [0.29, 0.717) is 19.4 Å². The van der Waals surface area contributed by atoms with Gasteiger partial charge in [-0.2, -0.15) is 0 Å². The molecule has 1 aliphatic heterocycles. The highest BCUT2D eigenvalue weighted by Gasteiger charge is 2.43. The Bertz CT molecular complexity index is 221. The molecule has 1 heterocycles. The lowest BCUT2D eigenvalue weighted by Gasteiger charge is -2.37. The van der Waals surface area contributed by atoms with Gasteiger partial charge in [0.2, 0.25) is 5.91 Å². The molecule has 1 rings (SSSR count). The van der Waals surface area contributed by atoms with Gasteiger partial charge >= 0.3 is 0 Å².